The molecule has 0 N–H and O–H groups in total. The molecule has 1 aliphatic carbocycles. The Kier molecular flexibility index (Phi) is 4.73. The number of urea groups is 1. The molecule has 2 aliphatic heterocycles. The standard InChI is InChI=1S/C25H26N2O2S/c1-15-6-4-7-18(12-15)14-26-24-22(20-8-5-9-21(20)30-24)23(28)27(25(26)29)19-11-10-16(2)17(3)13-19/h4,6-7,10-13,22,24H,5,8-9,14H2,1-3H3. The predicted octanol–water partition coefficient (Wildman–Crippen LogP) is 5.71. The summed E-state index contributed by atoms with van der Waals surface area (Å²) >= 11 is 1.74. The summed E-state index contributed by atoms with van der Waals surface area (Å²) in [5.74, 6) is -0.287. The Morgan fingerprint density at radius 2 is 1.83 bits per heavy atom. The molecule has 2 atom stereocenters. The van der Waals surface area contributed by atoms with Crippen molar-refractivity contribution in [2.24, 2.45) is 5.92 Å². The molecular formula is C25H26N2O2S. The maximum absolute atomic E-state index is 13.7. The third-order valence-electron chi connectivity index (χ3n) is 6.55. The van der Waals surface area contributed by atoms with Crippen LogP contribution in [0.25, 0.3) is 0 Å². The number of allylic oxidation sites excluding steroid dienone is 1. The zero-order valence-corrected chi connectivity index (χ0v) is 18.5. The number of carbonyl (C=O) groups is 2. The van der Waals surface area contributed by atoms with Gasteiger partial charge in [-0.05, 0) is 79.3 Å². The van der Waals surface area contributed by atoms with E-state index in [0.717, 1.165) is 36.0 Å². The highest BCUT2D eigenvalue weighted by Gasteiger charge is 2.53. The minimum absolute atomic E-state index is 0.0619. The number of anilines is 1. The fourth-order valence-electron chi connectivity index (χ4n) is 4.84. The first-order chi connectivity index (χ1) is 14.4. The Labute approximate surface area is 181 Å². The summed E-state index contributed by atoms with van der Waals surface area (Å²) in [6.07, 6.45) is 3.13. The molecule has 30 heavy (non-hydrogen) atoms. The second kappa shape index (κ2) is 7.31. The lowest BCUT2D eigenvalue weighted by Crippen LogP contribution is -2.60. The van der Waals surface area contributed by atoms with Crippen LogP contribution in [-0.2, 0) is 11.3 Å². The summed E-state index contributed by atoms with van der Waals surface area (Å²) in [5, 5.41) is -0.126. The van der Waals surface area contributed by atoms with Gasteiger partial charge in [0.2, 0.25) is 5.91 Å². The number of hydrogen-bond donors (Lipinski definition) is 0. The van der Waals surface area contributed by atoms with Gasteiger partial charge < -0.3 is 4.90 Å². The van der Waals surface area contributed by atoms with E-state index in [1.807, 2.05) is 43.0 Å². The second-order valence-corrected chi connectivity index (χ2v) is 9.84. The van der Waals surface area contributed by atoms with Crippen LogP contribution in [0.5, 0.6) is 0 Å². The number of amides is 3. The van der Waals surface area contributed by atoms with Crippen LogP contribution in [0, 0.1) is 26.7 Å². The molecule has 2 aromatic carbocycles. The zero-order chi connectivity index (χ0) is 21.0. The Bertz CT molecular complexity index is 1090. The van der Waals surface area contributed by atoms with Gasteiger partial charge in [0.1, 0.15) is 0 Å². The molecule has 0 saturated carbocycles. The van der Waals surface area contributed by atoms with E-state index in [4.69, 9.17) is 0 Å². The van der Waals surface area contributed by atoms with Crippen molar-refractivity contribution in [1.29, 1.82) is 0 Å². The normalized spacial score (nSPS) is 23.3. The molecule has 5 rings (SSSR count). The van der Waals surface area contributed by atoms with Crippen LogP contribution < -0.4 is 4.90 Å². The van der Waals surface area contributed by atoms with Gasteiger partial charge in [-0.2, -0.15) is 0 Å². The van der Waals surface area contributed by atoms with Gasteiger partial charge in [0, 0.05) is 6.54 Å². The summed E-state index contributed by atoms with van der Waals surface area (Å²) in [7, 11) is 0. The Balaban J connectivity index is 1.57. The van der Waals surface area contributed by atoms with Gasteiger partial charge in [-0.25, -0.2) is 9.69 Å². The van der Waals surface area contributed by atoms with Crippen LogP contribution in [0.4, 0.5) is 10.5 Å². The average Bonchev–Trinajstić information content (AvgIpc) is 3.29. The maximum atomic E-state index is 13.7. The highest BCUT2D eigenvalue weighted by Crippen LogP contribution is 2.54. The molecule has 0 bridgehead atoms. The molecule has 2 unspecified atom stereocenters. The smallest absolute Gasteiger partial charge is 0.306 e. The number of imide groups is 1. The van der Waals surface area contributed by atoms with Crippen molar-refractivity contribution in [2.75, 3.05) is 4.90 Å². The molecule has 5 heteroatoms. The van der Waals surface area contributed by atoms with Crippen molar-refractivity contribution in [1.82, 2.24) is 4.90 Å². The first kappa shape index (κ1) is 19.4. The monoisotopic (exact) mass is 418 g/mol. The Morgan fingerprint density at radius 1 is 1.00 bits per heavy atom. The number of carbonyl (C=O) groups excluding carboxylic acids is 2. The van der Waals surface area contributed by atoms with Gasteiger partial charge in [-0.15, -0.1) is 11.8 Å². The molecule has 1 fully saturated rings. The number of nitrogens with zero attached hydrogens (tertiary/aromatic N) is 2. The van der Waals surface area contributed by atoms with Crippen molar-refractivity contribution < 1.29 is 9.59 Å². The number of rotatable bonds is 3. The molecule has 0 aromatic heterocycles. The van der Waals surface area contributed by atoms with Crippen molar-refractivity contribution in [2.45, 2.75) is 52.0 Å². The van der Waals surface area contributed by atoms with Crippen molar-refractivity contribution in [3.8, 4) is 0 Å². The lowest BCUT2D eigenvalue weighted by molar-refractivity contribution is -0.122. The summed E-state index contributed by atoms with van der Waals surface area (Å²) in [4.78, 5) is 32.0. The van der Waals surface area contributed by atoms with Gasteiger partial charge in [0.05, 0.1) is 17.0 Å². The summed E-state index contributed by atoms with van der Waals surface area (Å²) < 4.78 is 0. The topological polar surface area (TPSA) is 40.6 Å². The molecule has 0 spiro atoms. The fourth-order valence-corrected chi connectivity index (χ4v) is 6.48. The third kappa shape index (κ3) is 3.07. The number of thioether (sulfide) groups is 1. The van der Waals surface area contributed by atoms with Gasteiger partial charge in [-0.3, -0.25) is 4.79 Å². The first-order valence-electron chi connectivity index (χ1n) is 10.6. The Morgan fingerprint density at radius 3 is 2.60 bits per heavy atom. The lowest BCUT2D eigenvalue weighted by Gasteiger charge is -2.42. The van der Waals surface area contributed by atoms with Crippen LogP contribution >= 0.6 is 11.8 Å². The summed E-state index contributed by atoms with van der Waals surface area (Å²) in [6, 6.07) is 13.9. The third-order valence-corrected chi connectivity index (χ3v) is 8.07. The molecule has 4 nitrogen and oxygen atoms in total. The summed E-state index contributed by atoms with van der Waals surface area (Å²) in [5.41, 5.74) is 6.47. The number of aryl methyl sites for hydroxylation is 3. The molecule has 2 heterocycles. The van der Waals surface area contributed by atoms with Gasteiger partial charge in [-0.1, -0.05) is 35.9 Å². The average molecular weight is 419 g/mol. The summed E-state index contributed by atoms with van der Waals surface area (Å²) in [6.45, 7) is 6.65. The van der Waals surface area contributed by atoms with E-state index in [1.165, 1.54) is 20.9 Å². The van der Waals surface area contributed by atoms with Gasteiger partial charge in [0.25, 0.3) is 0 Å². The van der Waals surface area contributed by atoms with E-state index in [9.17, 15) is 9.59 Å². The molecule has 3 aliphatic rings. The largest absolute Gasteiger partial charge is 0.332 e. The molecule has 1 saturated heterocycles. The van der Waals surface area contributed by atoms with E-state index in [2.05, 4.69) is 25.1 Å². The van der Waals surface area contributed by atoms with E-state index in [-0.39, 0.29) is 23.2 Å². The molecule has 154 valence electrons. The minimum atomic E-state index is -0.225. The van der Waals surface area contributed by atoms with E-state index < -0.39 is 0 Å². The quantitative estimate of drug-likeness (QED) is 0.641. The molecule has 3 amide bonds. The van der Waals surface area contributed by atoms with Crippen LogP contribution in [-0.4, -0.2) is 22.2 Å². The Hall–Kier alpha value is -2.53. The predicted molar refractivity (Wildman–Crippen MR) is 121 cm³/mol. The minimum Gasteiger partial charge on any atom is -0.306 e. The molecule has 2 aromatic rings. The zero-order valence-electron chi connectivity index (χ0n) is 17.6. The van der Waals surface area contributed by atoms with Crippen LogP contribution in [0.1, 0.15) is 41.5 Å². The fraction of sp³-hybridized carbons (Fsp3) is 0.360. The first-order valence-corrected chi connectivity index (χ1v) is 11.5. The van der Waals surface area contributed by atoms with E-state index in [1.54, 1.807) is 11.8 Å². The molecule has 0 radical (unpaired) electrons. The van der Waals surface area contributed by atoms with Crippen LogP contribution in [0.15, 0.2) is 52.9 Å². The van der Waals surface area contributed by atoms with Crippen LogP contribution in [0.3, 0.4) is 0 Å². The van der Waals surface area contributed by atoms with Crippen LogP contribution in [0.2, 0.25) is 0 Å². The molecular weight excluding hydrogens is 392 g/mol. The van der Waals surface area contributed by atoms with E-state index >= 15 is 0 Å². The SMILES string of the molecule is Cc1cccc(CN2C(=O)N(c3ccc(C)c(C)c3)C(=O)C3C4=C(CCC4)SC32)c1. The van der Waals surface area contributed by atoms with E-state index in [0.29, 0.717) is 12.2 Å². The second-order valence-electron chi connectivity index (χ2n) is 8.63. The van der Waals surface area contributed by atoms with Crippen molar-refractivity contribution in [3.05, 3.63) is 75.2 Å². The van der Waals surface area contributed by atoms with Gasteiger partial charge in [0.15, 0.2) is 0 Å². The maximum Gasteiger partial charge on any atom is 0.332 e. The highest BCUT2D eigenvalue weighted by molar-refractivity contribution is 8.04. The van der Waals surface area contributed by atoms with Crippen molar-refractivity contribution >= 4 is 29.4 Å². The number of benzene rings is 2. The lowest BCUT2D eigenvalue weighted by atomic mass is 9.93. The number of hydrogen-bond acceptors (Lipinski definition) is 3. The number of fused-ring (bicyclic) bond motifs is 2. The highest BCUT2D eigenvalue weighted by atomic mass is 32.2. The van der Waals surface area contributed by atoms with Gasteiger partial charge >= 0.3 is 6.03 Å². The van der Waals surface area contributed by atoms with Crippen molar-refractivity contribution in [3.63, 3.8) is 0 Å².